The molecule has 1 atom stereocenters. The molecule has 0 saturated carbocycles. The van der Waals surface area contributed by atoms with E-state index in [1.165, 1.54) is 11.8 Å². The number of para-hydroxylation sites is 2. The first kappa shape index (κ1) is 24.3. The van der Waals surface area contributed by atoms with Gasteiger partial charge in [0, 0.05) is 16.9 Å². The maximum absolute atomic E-state index is 13.1. The summed E-state index contributed by atoms with van der Waals surface area (Å²) >= 11 is 1.36. The van der Waals surface area contributed by atoms with Crippen molar-refractivity contribution >= 4 is 23.4 Å². The Kier molecular flexibility index (Phi) is 7.41. The fourth-order valence-electron chi connectivity index (χ4n) is 3.77. The first-order valence-corrected chi connectivity index (χ1v) is 12.1. The van der Waals surface area contributed by atoms with Gasteiger partial charge in [0.1, 0.15) is 0 Å². The SMILES string of the molecule is COc1ccc(-c2nnc(S[C@@H](C)C(=O)Nc3c(C)cccc3C)n2-c2ccccc2)cc1OC. The van der Waals surface area contributed by atoms with E-state index in [1.54, 1.807) is 14.2 Å². The lowest BCUT2D eigenvalue weighted by Crippen LogP contribution is -2.23. The van der Waals surface area contributed by atoms with Gasteiger partial charge in [-0.1, -0.05) is 48.2 Å². The summed E-state index contributed by atoms with van der Waals surface area (Å²) < 4.78 is 12.8. The van der Waals surface area contributed by atoms with Crippen molar-refractivity contribution in [3.05, 3.63) is 77.9 Å². The number of hydrogen-bond donors (Lipinski definition) is 1. The van der Waals surface area contributed by atoms with Crippen LogP contribution < -0.4 is 14.8 Å². The molecule has 8 heteroatoms. The Bertz CT molecular complexity index is 1320. The third-order valence-electron chi connectivity index (χ3n) is 5.67. The summed E-state index contributed by atoms with van der Waals surface area (Å²) in [7, 11) is 3.20. The second-order valence-electron chi connectivity index (χ2n) is 8.06. The van der Waals surface area contributed by atoms with Crippen molar-refractivity contribution in [3.8, 4) is 28.6 Å². The van der Waals surface area contributed by atoms with Crippen molar-refractivity contribution in [3.63, 3.8) is 0 Å². The average molecular weight is 489 g/mol. The molecular formula is C27H28N4O3S. The summed E-state index contributed by atoms with van der Waals surface area (Å²) in [5.74, 6) is 1.78. The summed E-state index contributed by atoms with van der Waals surface area (Å²) in [4.78, 5) is 13.1. The first-order chi connectivity index (χ1) is 16.9. The van der Waals surface area contributed by atoms with Crippen LogP contribution in [0.1, 0.15) is 18.1 Å². The van der Waals surface area contributed by atoms with E-state index in [1.807, 2.05) is 92.1 Å². The summed E-state index contributed by atoms with van der Waals surface area (Å²) in [6.07, 6.45) is 0. The van der Waals surface area contributed by atoms with Crippen LogP contribution in [0.2, 0.25) is 0 Å². The van der Waals surface area contributed by atoms with Gasteiger partial charge < -0.3 is 14.8 Å². The number of hydrogen-bond acceptors (Lipinski definition) is 6. The van der Waals surface area contributed by atoms with Crippen LogP contribution >= 0.6 is 11.8 Å². The van der Waals surface area contributed by atoms with Crippen molar-refractivity contribution in [1.82, 2.24) is 14.8 Å². The topological polar surface area (TPSA) is 78.3 Å². The Hall–Kier alpha value is -3.78. The predicted molar refractivity (Wildman–Crippen MR) is 140 cm³/mol. The average Bonchev–Trinajstić information content (AvgIpc) is 3.29. The summed E-state index contributed by atoms with van der Waals surface area (Å²) in [6.45, 7) is 5.84. The number of nitrogens with zero attached hydrogens (tertiary/aromatic N) is 3. The lowest BCUT2D eigenvalue weighted by molar-refractivity contribution is -0.115. The molecule has 0 aliphatic rings. The molecule has 180 valence electrons. The molecule has 0 aliphatic heterocycles. The molecule has 35 heavy (non-hydrogen) atoms. The Balaban J connectivity index is 1.68. The zero-order valence-corrected chi connectivity index (χ0v) is 21.2. The number of amides is 1. The number of rotatable bonds is 8. The highest BCUT2D eigenvalue weighted by Gasteiger charge is 2.23. The molecule has 0 saturated heterocycles. The third kappa shape index (κ3) is 5.17. The molecule has 0 bridgehead atoms. The van der Waals surface area contributed by atoms with Crippen LogP contribution in [0.3, 0.4) is 0 Å². The second kappa shape index (κ2) is 10.7. The molecule has 4 aromatic rings. The van der Waals surface area contributed by atoms with Crippen molar-refractivity contribution in [2.75, 3.05) is 19.5 Å². The van der Waals surface area contributed by atoms with Gasteiger partial charge in [-0.2, -0.15) is 0 Å². The molecular weight excluding hydrogens is 460 g/mol. The largest absolute Gasteiger partial charge is 0.493 e. The highest BCUT2D eigenvalue weighted by Crippen LogP contribution is 2.35. The van der Waals surface area contributed by atoms with Crippen molar-refractivity contribution in [2.24, 2.45) is 0 Å². The second-order valence-corrected chi connectivity index (χ2v) is 9.37. The Morgan fingerprint density at radius 3 is 2.26 bits per heavy atom. The maximum Gasteiger partial charge on any atom is 0.237 e. The van der Waals surface area contributed by atoms with E-state index in [0.717, 1.165) is 28.1 Å². The van der Waals surface area contributed by atoms with Crippen molar-refractivity contribution in [1.29, 1.82) is 0 Å². The molecule has 0 spiro atoms. The summed E-state index contributed by atoms with van der Waals surface area (Å²) in [5, 5.41) is 12.2. The zero-order chi connectivity index (χ0) is 24.9. The molecule has 0 unspecified atom stereocenters. The number of methoxy groups -OCH3 is 2. The molecule has 7 nitrogen and oxygen atoms in total. The van der Waals surface area contributed by atoms with Gasteiger partial charge in [0.25, 0.3) is 0 Å². The number of carbonyl (C=O) groups excluding carboxylic acids is 1. The lowest BCUT2D eigenvalue weighted by Gasteiger charge is -2.16. The smallest absolute Gasteiger partial charge is 0.237 e. The van der Waals surface area contributed by atoms with E-state index in [-0.39, 0.29) is 5.91 Å². The molecule has 0 aliphatic carbocycles. The van der Waals surface area contributed by atoms with Gasteiger partial charge in [-0.3, -0.25) is 9.36 Å². The van der Waals surface area contributed by atoms with Crippen LogP contribution in [0.15, 0.2) is 71.9 Å². The number of anilines is 1. The molecule has 0 fully saturated rings. The number of benzene rings is 3. The van der Waals surface area contributed by atoms with Gasteiger partial charge >= 0.3 is 0 Å². The van der Waals surface area contributed by atoms with E-state index in [9.17, 15) is 4.79 Å². The van der Waals surface area contributed by atoms with E-state index >= 15 is 0 Å². The normalized spacial score (nSPS) is 11.7. The summed E-state index contributed by atoms with van der Waals surface area (Å²) in [6, 6.07) is 21.4. The van der Waals surface area contributed by atoms with Crippen LogP contribution in [-0.2, 0) is 4.79 Å². The van der Waals surface area contributed by atoms with E-state index in [2.05, 4.69) is 15.5 Å². The zero-order valence-electron chi connectivity index (χ0n) is 20.4. The van der Waals surface area contributed by atoms with E-state index < -0.39 is 5.25 Å². The Labute approximate surface area is 209 Å². The molecule has 3 aromatic carbocycles. The lowest BCUT2D eigenvalue weighted by atomic mass is 10.1. The van der Waals surface area contributed by atoms with E-state index in [4.69, 9.17) is 9.47 Å². The number of nitrogens with one attached hydrogen (secondary N) is 1. The van der Waals surface area contributed by atoms with Gasteiger partial charge in [-0.15, -0.1) is 10.2 Å². The molecule has 4 rings (SSSR count). The van der Waals surface area contributed by atoms with Gasteiger partial charge in [0.15, 0.2) is 22.5 Å². The Morgan fingerprint density at radius 1 is 0.914 bits per heavy atom. The van der Waals surface area contributed by atoms with E-state index in [0.29, 0.717) is 22.5 Å². The standard InChI is InChI=1S/C27H28N4O3S/c1-17-10-9-11-18(2)24(17)28-26(32)19(3)35-27-30-29-25(31(27)21-12-7-6-8-13-21)20-14-15-22(33-4)23(16-20)34-5/h6-16,19H,1-5H3,(H,28,32)/t19-/m0/s1. The van der Waals surface area contributed by atoms with Gasteiger partial charge in [-0.05, 0) is 62.2 Å². The molecule has 1 N–H and O–H groups in total. The van der Waals surface area contributed by atoms with Gasteiger partial charge in [0.2, 0.25) is 5.91 Å². The fourth-order valence-corrected chi connectivity index (χ4v) is 4.63. The van der Waals surface area contributed by atoms with Crippen LogP contribution in [0.4, 0.5) is 5.69 Å². The molecule has 1 aromatic heterocycles. The monoisotopic (exact) mass is 488 g/mol. The Morgan fingerprint density at radius 2 is 1.60 bits per heavy atom. The van der Waals surface area contributed by atoms with Gasteiger partial charge in [-0.25, -0.2) is 0 Å². The molecule has 0 radical (unpaired) electrons. The number of ether oxygens (including phenoxy) is 2. The number of thioether (sulfide) groups is 1. The van der Waals surface area contributed by atoms with Crippen LogP contribution in [-0.4, -0.2) is 40.1 Å². The molecule has 1 amide bonds. The van der Waals surface area contributed by atoms with Crippen molar-refractivity contribution < 1.29 is 14.3 Å². The number of aryl methyl sites for hydroxylation is 2. The minimum Gasteiger partial charge on any atom is -0.493 e. The maximum atomic E-state index is 13.1. The minimum absolute atomic E-state index is 0.0947. The quantitative estimate of drug-likeness (QED) is 0.321. The number of carbonyl (C=O) groups is 1. The first-order valence-electron chi connectivity index (χ1n) is 11.2. The predicted octanol–water partition coefficient (Wildman–Crippen LogP) is 5.69. The minimum atomic E-state index is -0.404. The highest BCUT2D eigenvalue weighted by atomic mass is 32.2. The van der Waals surface area contributed by atoms with Crippen molar-refractivity contribution in [2.45, 2.75) is 31.2 Å². The van der Waals surface area contributed by atoms with Gasteiger partial charge in [0.05, 0.1) is 19.5 Å². The van der Waals surface area contributed by atoms with Crippen LogP contribution in [0.5, 0.6) is 11.5 Å². The summed E-state index contributed by atoms with van der Waals surface area (Å²) in [5.41, 5.74) is 4.61. The number of aromatic nitrogens is 3. The third-order valence-corrected chi connectivity index (χ3v) is 6.71. The van der Waals surface area contributed by atoms with Crippen LogP contribution in [0, 0.1) is 13.8 Å². The van der Waals surface area contributed by atoms with Crippen LogP contribution in [0.25, 0.3) is 17.1 Å². The highest BCUT2D eigenvalue weighted by molar-refractivity contribution is 8.00. The molecule has 1 heterocycles. The fraction of sp³-hybridized carbons (Fsp3) is 0.222.